The molecule has 0 bridgehead atoms. The number of halogens is 3. The molecule has 1 aliphatic rings. The number of aromatic nitrogens is 6. The van der Waals surface area contributed by atoms with Crippen LogP contribution < -0.4 is 16.9 Å². The van der Waals surface area contributed by atoms with E-state index in [0.717, 1.165) is 22.4 Å². The molecule has 1 aliphatic heterocycles. The molecule has 10 nitrogen and oxygen atoms in total. The Labute approximate surface area is 256 Å². The van der Waals surface area contributed by atoms with E-state index >= 15 is 0 Å². The Balaban J connectivity index is 0.000000225. The van der Waals surface area contributed by atoms with E-state index in [2.05, 4.69) is 29.9 Å². The molecular formula is C27H34BCl3N8O2. The molecule has 4 N–H and O–H groups in total. The van der Waals surface area contributed by atoms with E-state index in [1.165, 1.54) is 18.6 Å². The first kappa shape index (κ1) is 34.1. The molecule has 1 fully saturated rings. The summed E-state index contributed by atoms with van der Waals surface area (Å²) in [7, 11) is -0.398. The van der Waals surface area contributed by atoms with E-state index in [1.54, 1.807) is 24.7 Å². The minimum Gasteiger partial charge on any atom is -0.399 e. The van der Waals surface area contributed by atoms with E-state index in [1.807, 2.05) is 47.6 Å². The minimum atomic E-state index is -0.398. The van der Waals surface area contributed by atoms with Crippen LogP contribution in [0.1, 0.15) is 46.5 Å². The number of pyridine rings is 2. The Morgan fingerprint density at radius 1 is 0.707 bits per heavy atom. The first-order valence-electron chi connectivity index (χ1n) is 12.1. The highest BCUT2D eigenvalue weighted by molar-refractivity contribution is 6.62. The van der Waals surface area contributed by atoms with E-state index in [-0.39, 0.29) is 18.6 Å². The quantitative estimate of drug-likeness (QED) is 0.265. The van der Waals surface area contributed by atoms with Crippen molar-refractivity contribution in [3.63, 3.8) is 0 Å². The van der Waals surface area contributed by atoms with Gasteiger partial charge in [0.15, 0.2) is 0 Å². The van der Waals surface area contributed by atoms with Gasteiger partial charge in [-0.15, -0.1) is 0 Å². The fourth-order valence-electron chi connectivity index (χ4n) is 3.15. The molecular weight excluding hydrogens is 586 g/mol. The highest BCUT2D eigenvalue weighted by atomic mass is 35.5. The zero-order chi connectivity index (χ0) is 29.7. The average molecular weight is 620 g/mol. The van der Waals surface area contributed by atoms with E-state index in [9.17, 15) is 0 Å². The molecule has 0 amide bonds. The summed E-state index contributed by atoms with van der Waals surface area (Å²) < 4.78 is 11.8. The second kappa shape index (κ2) is 14.2. The van der Waals surface area contributed by atoms with Crippen LogP contribution in [0.3, 0.4) is 0 Å². The van der Waals surface area contributed by atoms with Crippen molar-refractivity contribution in [3.8, 4) is 11.3 Å². The molecule has 5 heterocycles. The van der Waals surface area contributed by atoms with Gasteiger partial charge in [0, 0.05) is 23.4 Å². The molecule has 4 aromatic heterocycles. The Bertz CT molecular complexity index is 1440. The number of anilines is 2. The summed E-state index contributed by atoms with van der Waals surface area (Å²) in [4.78, 5) is 23.8. The fourth-order valence-corrected chi connectivity index (χ4v) is 3.65. The lowest BCUT2D eigenvalue weighted by atomic mass is 9.80. The van der Waals surface area contributed by atoms with Crippen LogP contribution in [0.5, 0.6) is 0 Å². The molecule has 0 unspecified atom stereocenters. The van der Waals surface area contributed by atoms with Crippen LogP contribution >= 0.6 is 34.8 Å². The second-order valence-electron chi connectivity index (χ2n) is 9.81. The van der Waals surface area contributed by atoms with Gasteiger partial charge in [0.25, 0.3) is 0 Å². The third-order valence-corrected chi connectivity index (χ3v) is 7.12. The number of nitrogen functional groups attached to an aromatic ring is 2. The van der Waals surface area contributed by atoms with Gasteiger partial charge in [-0.1, -0.05) is 42.2 Å². The highest BCUT2D eigenvalue weighted by Crippen LogP contribution is 2.36. The largest absolute Gasteiger partial charge is 0.496 e. The zero-order valence-corrected chi connectivity index (χ0v) is 25.3. The van der Waals surface area contributed by atoms with Crippen LogP contribution in [0.15, 0.2) is 49.3 Å². The van der Waals surface area contributed by atoms with Crippen LogP contribution in [-0.4, -0.2) is 48.2 Å². The minimum absolute atomic E-state index is 0. The van der Waals surface area contributed by atoms with Gasteiger partial charge >= 0.3 is 7.12 Å². The summed E-state index contributed by atoms with van der Waals surface area (Å²) in [6, 6.07) is 3.65. The lowest BCUT2D eigenvalue weighted by Crippen LogP contribution is -2.41. The van der Waals surface area contributed by atoms with Crippen molar-refractivity contribution < 1.29 is 9.31 Å². The van der Waals surface area contributed by atoms with Crippen LogP contribution in [0.2, 0.25) is 15.2 Å². The van der Waals surface area contributed by atoms with Crippen molar-refractivity contribution >= 4 is 59.0 Å². The number of rotatable bonds is 2. The Hall–Kier alpha value is -3.09. The molecule has 0 aromatic carbocycles. The van der Waals surface area contributed by atoms with Gasteiger partial charge in [-0.25, -0.2) is 9.97 Å². The van der Waals surface area contributed by atoms with Crippen molar-refractivity contribution in [2.24, 2.45) is 0 Å². The molecule has 5 rings (SSSR count). The van der Waals surface area contributed by atoms with E-state index in [0.29, 0.717) is 32.5 Å². The number of nitrogens with zero attached hydrogens (tertiary/aromatic N) is 6. The topological polar surface area (TPSA) is 148 Å². The van der Waals surface area contributed by atoms with Crippen LogP contribution in [0, 0.1) is 13.8 Å². The Morgan fingerprint density at radius 2 is 1.22 bits per heavy atom. The number of aryl methyl sites for hydroxylation is 2. The molecule has 0 spiro atoms. The standard InChI is InChI=1S/C12H17BClNO2.C10H9ClN4.C4H4ClN3.CH4/c1-8-10(14)6-9(7-15-8)13-16-11(2,3)12(4,5)17-13;1-6-8(11)2-7(3-14-6)9-4-13-5-10(12)15-9;5-3-1-7-2-4(6)8-3;/h6-7H,1-5H3;2-5H,1H3,(H2,12,15);1-2H,(H2,6,8);1H4. The van der Waals surface area contributed by atoms with Gasteiger partial charge in [0.1, 0.15) is 16.8 Å². The average Bonchev–Trinajstić information content (AvgIpc) is 3.10. The molecule has 218 valence electrons. The molecule has 14 heteroatoms. The van der Waals surface area contributed by atoms with E-state index < -0.39 is 7.12 Å². The summed E-state index contributed by atoms with van der Waals surface area (Å²) in [6.07, 6.45) is 9.43. The Kier molecular flexibility index (Phi) is 11.8. The summed E-state index contributed by atoms with van der Waals surface area (Å²) in [5.41, 5.74) is 14.0. The predicted molar refractivity (Wildman–Crippen MR) is 167 cm³/mol. The smallest absolute Gasteiger partial charge is 0.399 e. The van der Waals surface area contributed by atoms with Crippen molar-refractivity contribution in [2.45, 2.75) is 60.2 Å². The van der Waals surface area contributed by atoms with Crippen molar-refractivity contribution in [3.05, 3.63) is 75.9 Å². The van der Waals surface area contributed by atoms with Crippen molar-refractivity contribution in [1.29, 1.82) is 0 Å². The SMILES string of the molecule is C.Cc1ncc(-c2cncc(N)n2)cc1Cl.Cc1ncc(B2OC(C)(C)C(C)(C)O2)cc1Cl.Nc1cncc(Cl)n1. The predicted octanol–water partition coefficient (Wildman–Crippen LogP) is 5.77. The highest BCUT2D eigenvalue weighted by Gasteiger charge is 2.51. The first-order chi connectivity index (χ1) is 18.7. The lowest BCUT2D eigenvalue weighted by Gasteiger charge is -2.32. The summed E-state index contributed by atoms with van der Waals surface area (Å²) in [5.74, 6) is 0.724. The maximum atomic E-state index is 6.06. The van der Waals surface area contributed by atoms with Gasteiger partial charge in [0.2, 0.25) is 0 Å². The van der Waals surface area contributed by atoms with Gasteiger partial charge in [-0.2, -0.15) is 0 Å². The zero-order valence-electron chi connectivity index (χ0n) is 23.0. The molecule has 4 aromatic rings. The molecule has 41 heavy (non-hydrogen) atoms. The lowest BCUT2D eigenvalue weighted by molar-refractivity contribution is 0.00578. The van der Waals surface area contributed by atoms with Gasteiger partial charge in [0.05, 0.1) is 63.1 Å². The molecule has 1 saturated heterocycles. The van der Waals surface area contributed by atoms with E-state index in [4.69, 9.17) is 55.6 Å². The second-order valence-corrected chi connectivity index (χ2v) is 11.0. The van der Waals surface area contributed by atoms with Crippen LogP contribution in [-0.2, 0) is 9.31 Å². The molecule has 0 atom stereocenters. The van der Waals surface area contributed by atoms with Crippen LogP contribution in [0.4, 0.5) is 11.6 Å². The molecule has 0 radical (unpaired) electrons. The van der Waals surface area contributed by atoms with Gasteiger partial charge in [-0.3, -0.25) is 19.9 Å². The number of hydrogen-bond acceptors (Lipinski definition) is 10. The third kappa shape index (κ3) is 9.21. The van der Waals surface area contributed by atoms with Crippen LogP contribution in [0.25, 0.3) is 11.3 Å². The molecule has 0 saturated carbocycles. The third-order valence-electron chi connectivity index (χ3n) is 6.17. The maximum Gasteiger partial charge on any atom is 0.496 e. The van der Waals surface area contributed by atoms with Crippen molar-refractivity contribution in [2.75, 3.05) is 11.5 Å². The van der Waals surface area contributed by atoms with Crippen molar-refractivity contribution in [1.82, 2.24) is 29.9 Å². The summed E-state index contributed by atoms with van der Waals surface area (Å²) >= 11 is 17.4. The summed E-state index contributed by atoms with van der Waals surface area (Å²) in [6.45, 7) is 11.8. The Morgan fingerprint density at radius 3 is 1.68 bits per heavy atom. The van der Waals surface area contributed by atoms with Gasteiger partial charge in [-0.05, 0) is 53.7 Å². The number of nitrogens with two attached hydrogens (primary N) is 2. The summed E-state index contributed by atoms with van der Waals surface area (Å²) in [5, 5.41) is 1.57. The number of hydrogen-bond donors (Lipinski definition) is 2. The van der Waals surface area contributed by atoms with Gasteiger partial charge < -0.3 is 20.8 Å². The maximum absolute atomic E-state index is 6.06. The first-order valence-corrected chi connectivity index (χ1v) is 13.2. The fraction of sp³-hybridized carbons (Fsp3) is 0.333. The normalized spacial score (nSPS) is 14.6. The molecule has 0 aliphatic carbocycles. The monoisotopic (exact) mass is 618 g/mol.